The number of aliphatic carboxylic acids is 1. The Morgan fingerprint density at radius 2 is 2.12 bits per heavy atom. The smallest absolute Gasteiger partial charge is 0.305 e. The molecule has 2 atom stereocenters. The molecule has 0 aromatic carbocycles. The number of carbonyl (C=O) groups is 2. The van der Waals surface area contributed by atoms with Gasteiger partial charge in [0.2, 0.25) is 5.91 Å². The molecule has 1 saturated carbocycles. The molecule has 1 aliphatic carbocycles. The third kappa shape index (κ3) is 3.70. The summed E-state index contributed by atoms with van der Waals surface area (Å²) in [7, 11) is 0. The number of carboxylic acid groups (broad SMARTS) is 1. The van der Waals surface area contributed by atoms with Crippen molar-refractivity contribution in [3.05, 3.63) is 0 Å². The van der Waals surface area contributed by atoms with Gasteiger partial charge in [-0.1, -0.05) is 6.42 Å². The summed E-state index contributed by atoms with van der Waals surface area (Å²) in [6, 6.07) is 0. The lowest BCUT2D eigenvalue weighted by Gasteiger charge is -2.26. The van der Waals surface area contributed by atoms with E-state index in [4.69, 9.17) is 10.8 Å². The molecule has 1 aliphatic rings. The molecule has 0 aromatic rings. The van der Waals surface area contributed by atoms with E-state index in [1.54, 1.807) is 4.90 Å². The number of hydrogen-bond acceptors (Lipinski definition) is 3. The van der Waals surface area contributed by atoms with Crippen LogP contribution in [0.5, 0.6) is 0 Å². The van der Waals surface area contributed by atoms with Gasteiger partial charge in [0.15, 0.2) is 0 Å². The Kier molecular flexibility index (Phi) is 5.41. The molecule has 98 valence electrons. The molecule has 0 aliphatic heterocycles. The van der Waals surface area contributed by atoms with E-state index in [9.17, 15) is 9.59 Å². The number of carboxylic acids is 1. The SMILES string of the molecule is CCN(CCC(=O)O)C(=O)C1CCCC1CN. The number of carbonyl (C=O) groups excluding carboxylic acids is 1. The zero-order valence-corrected chi connectivity index (χ0v) is 10.4. The Bertz CT molecular complexity index is 281. The standard InChI is InChI=1S/C12H22N2O3/c1-2-14(7-6-11(15)16)12(17)10-5-3-4-9(10)8-13/h9-10H,2-8,13H2,1H3,(H,15,16). The molecule has 1 fully saturated rings. The molecule has 0 radical (unpaired) electrons. The van der Waals surface area contributed by atoms with Gasteiger partial charge in [0, 0.05) is 19.0 Å². The minimum Gasteiger partial charge on any atom is -0.481 e. The Balaban J connectivity index is 2.55. The summed E-state index contributed by atoms with van der Waals surface area (Å²) in [6.07, 6.45) is 2.97. The highest BCUT2D eigenvalue weighted by molar-refractivity contribution is 5.80. The predicted octanol–water partition coefficient (Wildman–Crippen LogP) is 0.685. The molecule has 5 heteroatoms. The highest BCUT2D eigenvalue weighted by Crippen LogP contribution is 2.32. The van der Waals surface area contributed by atoms with Crippen LogP contribution in [0.15, 0.2) is 0 Å². The van der Waals surface area contributed by atoms with Gasteiger partial charge in [-0.3, -0.25) is 9.59 Å². The first-order valence-corrected chi connectivity index (χ1v) is 6.30. The van der Waals surface area contributed by atoms with E-state index in [1.165, 1.54) is 0 Å². The molecule has 5 nitrogen and oxygen atoms in total. The molecule has 0 spiro atoms. The van der Waals surface area contributed by atoms with Crippen molar-refractivity contribution in [3.8, 4) is 0 Å². The number of nitrogens with two attached hydrogens (primary N) is 1. The van der Waals surface area contributed by atoms with Crippen molar-refractivity contribution in [1.29, 1.82) is 0 Å². The Morgan fingerprint density at radius 3 is 2.65 bits per heavy atom. The fourth-order valence-electron chi connectivity index (χ4n) is 2.53. The summed E-state index contributed by atoms with van der Waals surface area (Å²) < 4.78 is 0. The summed E-state index contributed by atoms with van der Waals surface area (Å²) in [4.78, 5) is 24.4. The zero-order valence-electron chi connectivity index (χ0n) is 10.4. The minimum atomic E-state index is -0.863. The molecule has 0 aromatic heterocycles. The van der Waals surface area contributed by atoms with Crippen molar-refractivity contribution in [2.45, 2.75) is 32.6 Å². The third-order valence-electron chi connectivity index (χ3n) is 3.57. The molecule has 0 heterocycles. The fraction of sp³-hybridized carbons (Fsp3) is 0.833. The highest BCUT2D eigenvalue weighted by Gasteiger charge is 2.34. The minimum absolute atomic E-state index is 0.00810. The van der Waals surface area contributed by atoms with Crippen molar-refractivity contribution >= 4 is 11.9 Å². The molecular weight excluding hydrogens is 220 g/mol. The van der Waals surface area contributed by atoms with E-state index in [1.807, 2.05) is 6.92 Å². The van der Waals surface area contributed by atoms with Crippen LogP contribution in [-0.4, -0.2) is 41.5 Å². The maximum atomic E-state index is 12.2. The van der Waals surface area contributed by atoms with Crippen LogP contribution in [0.25, 0.3) is 0 Å². The van der Waals surface area contributed by atoms with E-state index >= 15 is 0 Å². The summed E-state index contributed by atoms with van der Waals surface area (Å²) >= 11 is 0. The molecule has 3 N–H and O–H groups in total. The van der Waals surface area contributed by atoms with Crippen molar-refractivity contribution in [1.82, 2.24) is 4.90 Å². The number of rotatable bonds is 6. The lowest BCUT2D eigenvalue weighted by molar-refractivity contribution is -0.140. The second-order valence-electron chi connectivity index (χ2n) is 4.59. The topological polar surface area (TPSA) is 83.6 Å². The van der Waals surface area contributed by atoms with Crippen molar-refractivity contribution in [2.75, 3.05) is 19.6 Å². The highest BCUT2D eigenvalue weighted by atomic mass is 16.4. The van der Waals surface area contributed by atoms with Gasteiger partial charge in [0.05, 0.1) is 6.42 Å². The average molecular weight is 242 g/mol. The Labute approximate surface area is 102 Å². The van der Waals surface area contributed by atoms with Crippen molar-refractivity contribution in [2.24, 2.45) is 17.6 Å². The second kappa shape index (κ2) is 6.59. The van der Waals surface area contributed by atoms with Crippen LogP contribution in [0.4, 0.5) is 0 Å². The van der Waals surface area contributed by atoms with Crippen LogP contribution >= 0.6 is 0 Å². The van der Waals surface area contributed by atoms with E-state index in [0.717, 1.165) is 19.3 Å². The lowest BCUT2D eigenvalue weighted by Crippen LogP contribution is -2.40. The van der Waals surface area contributed by atoms with Gasteiger partial charge in [0.25, 0.3) is 0 Å². The summed E-state index contributed by atoms with van der Waals surface area (Å²) in [5.41, 5.74) is 5.66. The largest absolute Gasteiger partial charge is 0.481 e. The first-order valence-electron chi connectivity index (χ1n) is 6.30. The van der Waals surface area contributed by atoms with Gasteiger partial charge >= 0.3 is 5.97 Å². The van der Waals surface area contributed by atoms with E-state index < -0.39 is 5.97 Å². The monoisotopic (exact) mass is 242 g/mol. The van der Waals surface area contributed by atoms with Gasteiger partial charge in [-0.05, 0) is 32.2 Å². The van der Waals surface area contributed by atoms with E-state index in [-0.39, 0.29) is 24.2 Å². The Hall–Kier alpha value is -1.10. The van der Waals surface area contributed by atoms with Gasteiger partial charge < -0.3 is 15.7 Å². The first kappa shape index (κ1) is 14.0. The molecular formula is C12H22N2O3. The quantitative estimate of drug-likeness (QED) is 0.717. The summed E-state index contributed by atoms with van der Waals surface area (Å²) in [5, 5.41) is 8.65. The maximum absolute atomic E-state index is 12.2. The number of nitrogens with zero attached hydrogens (tertiary/aromatic N) is 1. The molecule has 0 saturated heterocycles. The van der Waals surface area contributed by atoms with Crippen LogP contribution in [0.2, 0.25) is 0 Å². The normalized spacial score (nSPS) is 23.6. The van der Waals surface area contributed by atoms with Gasteiger partial charge in [-0.2, -0.15) is 0 Å². The third-order valence-corrected chi connectivity index (χ3v) is 3.57. The van der Waals surface area contributed by atoms with Crippen molar-refractivity contribution < 1.29 is 14.7 Å². The molecule has 2 unspecified atom stereocenters. The van der Waals surface area contributed by atoms with Crippen LogP contribution in [-0.2, 0) is 9.59 Å². The molecule has 0 bridgehead atoms. The van der Waals surface area contributed by atoms with E-state index in [0.29, 0.717) is 19.6 Å². The number of hydrogen-bond donors (Lipinski definition) is 2. The van der Waals surface area contributed by atoms with Gasteiger partial charge in [0.1, 0.15) is 0 Å². The Morgan fingerprint density at radius 1 is 1.41 bits per heavy atom. The number of amides is 1. The van der Waals surface area contributed by atoms with Crippen LogP contribution in [0.3, 0.4) is 0 Å². The maximum Gasteiger partial charge on any atom is 0.305 e. The molecule has 1 rings (SSSR count). The second-order valence-corrected chi connectivity index (χ2v) is 4.59. The lowest BCUT2D eigenvalue weighted by atomic mass is 9.94. The molecule has 1 amide bonds. The molecule has 17 heavy (non-hydrogen) atoms. The summed E-state index contributed by atoms with van der Waals surface area (Å²) in [6.45, 7) is 3.30. The van der Waals surface area contributed by atoms with Crippen molar-refractivity contribution in [3.63, 3.8) is 0 Å². The predicted molar refractivity (Wildman–Crippen MR) is 64.4 cm³/mol. The van der Waals surface area contributed by atoms with Crippen LogP contribution in [0.1, 0.15) is 32.6 Å². The summed E-state index contributed by atoms with van der Waals surface area (Å²) in [5.74, 6) is -0.491. The van der Waals surface area contributed by atoms with E-state index in [2.05, 4.69) is 0 Å². The van der Waals surface area contributed by atoms with Crippen LogP contribution < -0.4 is 5.73 Å². The average Bonchev–Trinajstić information content (AvgIpc) is 2.77. The van der Waals surface area contributed by atoms with Gasteiger partial charge in [-0.25, -0.2) is 0 Å². The van der Waals surface area contributed by atoms with Crippen LogP contribution in [0, 0.1) is 11.8 Å². The zero-order chi connectivity index (χ0) is 12.8. The fourth-order valence-corrected chi connectivity index (χ4v) is 2.53. The first-order chi connectivity index (χ1) is 8.10. The van der Waals surface area contributed by atoms with Gasteiger partial charge in [-0.15, -0.1) is 0 Å².